The first-order valence-electron chi connectivity index (χ1n) is 9.23. The molecule has 0 aliphatic carbocycles. The molecule has 128 valence electrons. The second-order valence-electron chi connectivity index (χ2n) is 5.83. The minimum atomic E-state index is -0.0549. The Morgan fingerprint density at radius 3 is 2.32 bits per heavy atom. The SMILES string of the molecule is CC/C=C/C/C=C/CCCCCCC(CCC)OC(=O)CC. The molecular weight excluding hydrogens is 272 g/mol. The number of hydrogen-bond acceptors (Lipinski definition) is 2. The fourth-order valence-corrected chi connectivity index (χ4v) is 2.40. The maximum atomic E-state index is 11.4. The number of allylic oxidation sites excluding steroid dienone is 4. The van der Waals surface area contributed by atoms with Crippen LogP contribution in [0.4, 0.5) is 0 Å². The zero-order chi connectivity index (χ0) is 16.5. The first-order chi connectivity index (χ1) is 10.7. The summed E-state index contributed by atoms with van der Waals surface area (Å²) in [6.07, 6.45) is 21.0. The van der Waals surface area contributed by atoms with Gasteiger partial charge in [0.05, 0.1) is 0 Å². The number of esters is 1. The maximum Gasteiger partial charge on any atom is 0.305 e. The van der Waals surface area contributed by atoms with Crippen LogP contribution in [-0.2, 0) is 9.53 Å². The summed E-state index contributed by atoms with van der Waals surface area (Å²) >= 11 is 0. The van der Waals surface area contributed by atoms with Crippen LogP contribution in [0.1, 0.15) is 91.4 Å². The molecule has 0 spiro atoms. The van der Waals surface area contributed by atoms with Gasteiger partial charge in [0.2, 0.25) is 0 Å². The van der Waals surface area contributed by atoms with Gasteiger partial charge in [-0.2, -0.15) is 0 Å². The molecule has 0 aliphatic rings. The molecule has 0 N–H and O–H groups in total. The van der Waals surface area contributed by atoms with E-state index in [1.54, 1.807) is 0 Å². The van der Waals surface area contributed by atoms with E-state index in [-0.39, 0.29) is 12.1 Å². The van der Waals surface area contributed by atoms with Crippen LogP contribution in [-0.4, -0.2) is 12.1 Å². The summed E-state index contributed by atoms with van der Waals surface area (Å²) in [5.74, 6) is -0.0549. The lowest BCUT2D eigenvalue weighted by Gasteiger charge is -2.16. The highest BCUT2D eigenvalue weighted by Crippen LogP contribution is 2.14. The van der Waals surface area contributed by atoms with E-state index in [1.165, 1.54) is 32.1 Å². The third-order valence-electron chi connectivity index (χ3n) is 3.69. The Kier molecular flexibility index (Phi) is 15.5. The summed E-state index contributed by atoms with van der Waals surface area (Å²) in [5.41, 5.74) is 0. The van der Waals surface area contributed by atoms with E-state index in [1.807, 2.05) is 6.92 Å². The van der Waals surface area contributed by atoms with E-state index in [0.29, 0.717) is 6.42 Å². The lowest BCUT2D eigenvalue weighted by molar-refractivity contribution is -0.149. The van der Waals surface area contributed by atoms with Gasteiger partial charge in [-0.1, -0.05) is 64.3 Å². The van der Waals surface area contributed by atoms with Gasteiger partial charge in [0.1, 0.15) is 6.10 Å². The highest BCUT2D eigenvalue weighted by molar-refractivity contribution is 5.69. The summed E-state index contributed by atoms with van der Waals surface area (Å²) in [4.78, 5) is 11.4. The van der Waals surface area contributed by atoms with Crippen molar-refractivity contribution in [1.82, 2.24) is 0 Å². The molecule has 0 saturated carbocycles. The Labute approximate surface area is 138 Å². The van der Waals surface area contributed by atoms with Gasteiger partial charge in [0.25, 0.3) is 0 Å². The van der Waals surface area contributed by atoms with Crippen molar-refractivity contribution in [2.24, 2.45) is 0 Å². The average molecular weight is 309 g/mol. The van der Waals surface area contributed by atoms with Crippen molar-refractivity contribution >= 4 is 5.97 Å². The zero-order valence-corrected chi connectivity index (χ0v) is 15.0. The van der Waals surface area contributed by atoms with Crippen LogP contribution < -0.4 is 0 Å². The van der Waals surface area contributed by atoms with Crippen LogP contribution in [0.3, 0.4) is 0 Å². The molecule has 1 unspecified atom stereocenters. The predicted molar refractivity (Wildman–Crippen MR) is 96.0 cm³/mol. The largest absolute Gasteiger partial charge is 0.462 e. The van der Waals surface area contributed by atoms with Gasteiger partial charge in [0, 0.05) is 6.42 Å². The second kappa shape index (κ2) is 16.3. The van der Waals surface area contributed by atoms with Crippen molar-refractivity contribution in [3.8, 4) is 0 Å². The summed E-state index contributed by atoms with van der Waals surface area (Å²) in [7, 11) is 0. The van der Waals surface area contributed by atoms with Crippen molar-refractivity contribution in [1.29, 1.82) is 0 Å². The maximum absolute atomic E-state index is 11.4. The van der Waals surface area contributed by atoms with E-state index in [2.05, 4.69) is 38.2 Å². The lowest BCUT2D eigenvalue weighted by Crippen LogP contribution is -2.17. The molecule has 2 heteroatoms. The third kappa shape index (κ3) is 13.9. The van der Waals surface area contributed by atoms with Crippen LogP contribution in [0.25, 0.3) is 0 Å². The molecule has 22 heavy (non-hydrogen) atoms. The summed E-state index contributed by atoms with van der Waals surface area (Å²) in [5, 5.41) is 0. The number of rotatable bonds is 14. The summed E-state index contributed by atoms with van der Waals surface area (Å²) in [6.45, 7) is 6.17. The van der Waals surface area contributed by atoms with E-state index in [0.717, 1.165) is 32.1 Å². The number of carbonyl (C=O) groups is 1. The quantitative estimate of drug-likeness (QED) is 0.212. The molecule has 2 nitrogen and oxygen atoms in total. The topological polar surface area (TPSA) is 26.3 Å². The number of carbonyl (C=O) groups excluding carboxylic acids is 1. The Morgan fingerprint density at radius 1 is 0.909 bits per heavy atom. The molecule has 0 fully saturated rings. The van der Waals surface area contributed by atoms with Crippen molar-refractivity contribution in [3.63, 3.8) is 0 Å². The smallest absolute Gasteiger partial charge is 0.305 e. The highest BCUT2D eigenvalue weighted by atomic mass is 16.5. The fourth-order valence-electron chi connectivity index (χ4n) is 2.40. The van der Waals surface area contributed by atoms with Crippen LogP contribution in [0.15, 0.2) is 24.3 Å². The molecule has 0 heterocycles. The number of hydrogen-bond donors (Lipinski definition) is 0. The standard InChI is InChI=1S/C20H36O2/c1-4-7-8-9-10-11-12-13-14-15-16-18-19(17-5-2)22-20(21)6-3/h7-8,10-11,19H,4-6,9,12-18H2,1-3H3/b8-7+,11-10+. The summed E-state index contributed by atoms with van der Waals surface area (Å²) in [6, 6.07) is 0. The van der Waals surface area contributed by atoms with Crippen LogP contribution in [0.5, 0.6) is 0 Å². The Morgan fingerprint density at radius 2 is 1.64 bits per heavy atom. The molecule has 0 rings (SSSR count). The fraction of sp³-hybridized carbons (Fsp3) is 0.750. The van der Waals surface area contributed by atoms with Crippen molar-refractivity contribution in [2.45, 2.75) is 97.5 Å². The Bertz CT molecular complexity index is 305. The average Bonchev–Trinajstić information content (AvgIpc) is 2.52. The molecule has 0 saturated heterocycles. The van der Waals surface area contributed by atoms with Crippen LogP contribution in [0, 0.1) is 0 Å². The van der Waals surface area contributed by atoms with Gasteiger partial charge >= 0.3 is 5.97 Å². The van der Waals surface area contributed by atoms with Crippen molar-refractivity contribution < 1.29 is 9.53 Å². The Hall–Kier alpha value is -1.05. The molecule has 0 radical (unpaired) electrons. The number of ether oxygens (including phenoxy) is 1. The first-order valence-corrected chi connectivity index (χ1v) is 9.23. The van der Waals surface area contributed by atoms with E-state index in [4.69, 9.17) is 4.74 Å². The number of unbranched alkanes of at least 4 members (excludes halogenated alkanes) is 4. The third-order valence-corrected chi connectivity index (χ3v) is 3.69. The first kappa shape index (κ1) is 20.9. The lowest BCUT2D eigenvalue weighted by atomic mass is 10.0. The Balaban J connectivity index is 3.56. The van der Waals surface area contributed by atoms with Crippen LogP contribution >= 0.6 is 0 Å². The molecule has 0 aromatic heterocycles. The van der Waals surface area contributed by atoms with E-state index < -0.39 is 0 Å². The molecule has 0 aromatic rings. The van der Waals surface area contributed by atoms with Crippen molar-refractivity contribution in [3.05, 3.63) is 24.3 Å². The monoisotopic (exact) mass is 308 g/mol. The molecule has 0 bridgehead atoms. The predicted octanol–water partition coefficient (Wildman–Crippen LogP) is 6.36. The highest BCUT2D eigenvalue weighted by Gasteiger charge is 2.11. The molecule has 0 aromatic carbocycles. The van der Waals surface area contributed by atoms with Gasteiger partial charge in [-0.25, -0.2) is 0 Å². The van der Waals surface area contributed by atoms with Gasteiger partial charge < -0.3 is 4.74 Å². The summed E-state index contributed by atoms with van der Waals surface area (Å²) < 4.78 is 5.48. The molecule has 1 atom stereocenters. The second-order valence-corrected chi connectivity index (χ2v) is 5.83. The van der Waals surface area contributed by atoms with Gasteiger partial charge in [-0.15, -0.1) is 0 Å². The molecule has 0 aliphatic heterocycles. The van der Waals surface area contributed by atoms with E-state index in [9.17, 15) is 4.79 Å². The normalized spacial score (nSPS) is 13.0. The zero-order valence-electron chi connectivity index (χ0n) is 15.0. The minimum absolute atomic E-state index is 0.0549. The molecular formula is C20H36O2. The van der Waals surface area contributed by atoms with E-state index >= 15 is 0 Å². The van der Waals surface area contributed by atoms with Gasteiger partial charge in [0.15, 0.2) is 0 Å². The molecule has 0 amide bonds. The van der Waals surface area contributed by atoms with Gasteiger partial charge in [-0.05, 0) is 44.9 Å². The van der Waals surface area contributed by atoms with Gasteiger partial charge in [-0.3, -0.25) is 4.79 Å². The minimum Gasteiger partial charge on any atom is -0.462 e. The van der Waals surface area contributed by atoms with Crippen molar-refractivity contribution in [2.75, 3.05) is 0 Å². The van der Waals surface area contributed by atoms with Crippen LogP contribution in [0.2, 0.25) is 0 Å².